The molecule has 2 aromatic carbocycles. The van der Waals surface area contributed by atoms with Gasteiger partial charge in [-0.3, -0.25) is 0 Å². The molecule has 0 fully saturated rings. The van der Waals surface area contributed by atoms with Crippen LogP contribution in [0.2, 0.25) is 0 Å². The van der Waals surface area contributed by atoms with Gasteiger partial charge in [-0.1, -0.05) is 68.8 Å². The Hall–Kier alpha value is -3.55. The fourth-order valence-corrected chi connectivity index (χ4v) is 3.60. The fourth-order valence-electron chi connectivity index (χ4n) is 3.60. The number of ether oxygens (including phenoxy) is 1. The van der Waals surface area contributed by atoms with Gasteiger partial charge in [0.05, 0.1) is 0 Å². The van der Waals surface area contributed by atoms with Crippen LogP contribution in [0.25, 0.3) is 11.1 Å². The van der Waals surface area contributed by atoms with Gasteiger partial charge in [-0.05, 0) is 28.2 Å². The maximum atomic E-state index is 12.0. The number of fused-ring (bicyclic) bond motifs is 3. The number of carbonyl (C=O) groups excluding carboxylic acids is 2. The molecule has 3 rings (SSSR count). The molecule has 1 aliphatic rings. The van der Waals surface area contributed by atoms with Gasteiger partial charge in [0.15, 0.2) is 0 Å². The van der Waals surface area contributed by atoms with Crippen LogP contribution in [0.5, 0.6) is 0 Å². The monoisotopic (exact) mass is 411 g/mol. The Kier molecular flexibility index (Phi) is 6.56. The summed E-state index contributed by atoms with van der Waals surface area (Å²) in [4.78, 5) is 35.2. The molecule has 158 valence electrons. The molecule has 2 aromatic rings. The maximum Gasteiger partial charge on any atom is 0.426 e. The van der Waals surface area contributed by atoms with Crippen molar-refractivity contribution in [2.45, 2.75) is 32.2 Å². The number of carboxylic acids is 1. The van der Waals surface area contributed by atoms with Crippen molar-refractivity contribution in [3.8, 4) is 11.1 Å². The van der Waals surface area contributed by atoms with E-state index in [1.165, 1.54) is 0 Å². The van der Waals surface area contributed by atoms with Gasteiger partial charge in [0, 0.05) is 5.92 Å². The van der Waals surface area contributed by atoms with Crippen LogP contribution in [0.1, 0.15) is 37.3 Å². The van der Waals surface area contributed by atoms with Gasteiger partial charge in [-0.15, -0.1) is 0 Å². The van der Waals surface area contributed by atoms with Gasteiger partial charge < -0.3 is 15.2 Å². The molecule has 0 heterocycles. The molecule has 1 aliphatic carbocycles. The third-order valence-electron chi connectivity index (χ3n) is 5.39. The van der Waals surface area contributed by atoms with E-state index in [0.717, 1.165) is 22.3 Å². The van der Waals surface area contributed by atoms with Crippen LogP contribution in [0, 0.1) is 5.92 Å². The summed E-state index contributed by atoms with van der Waals surface area (Å²) in [5.41, 5.74) is 8.65. The number of carboxylic acid groups (broad SMARTS) is 1. The first-order valence-corrected chi connectivity index (χ1v) is 9.82. The van der Waals surface area contributed by atoms with Crippen molar-refractivity contribution in [2.24, 2.45) is 5.92 Å². The van der Waals surface area contributed by atoms with Crippen molar-refractivity contribution in [2.75, 3.05) is 6.61 Å². The van der Waals surface area contributed by atoms with E-state index in [4.69, 9.17) is 4.74 Å². The average molecular weight is 411 g/mol. The Bertz CT molecular complexity index is 900. The standard InChI is InChI=1S/C22H25N3O5/c1-3-13(2)19(20(26)27)23-21(28)24-25-22(29)30-12-18-16-10-6-4-8-14(16)15-9-5-7-11-17(15)18/h4-11,13,18-19H,3,12H2,1-2H3,(H,25,29)(H,26,27)(H2,23,24,28). The molecule has 0 radical (unpaired) electrons. The van der Waals surface area contributed by atoms with Crippen LogP contribution in [0.15, 0.2) is 48.5 Å². The molecule has 0 aromatic heterocycles. The quantitative estimate of drug-likeness (QED) is 0.545. The van der Waals surface area contributed by atoms with E-state index < -0.39 is 24.1 Å². The summed E-state index contributed by atoms with van der Waals surface area (Å²) < 4.78 is 5.30. The summed E-state index contributed by atoms with van der Waals surface area (Å²) in [6.45, 7) is 3.65. The molecule has 2 unspecified atom stereocenters. The SMILES string of the molecule is CCC(C)C(NC(=O)NNC(=O)OCC1c2ccccc2-c2ccccc21)C(=O)O. The van der Waals surface area contributed by atoms with Crippen LogP contribution in [0.4, 0.5) is 9.59 Å². The lowest BCUT2D eigenvalue weighted by atomic mass is 9.98. The van der Waals surface area contributed by atoms with Crippen LogP contribution in [-0.4, -0.2) is 35.8 Å². The minimum absolute atomic E-state index is 0.0984. The zero-order valence-corrected chi connectivity index (χ0v) is 16.8. The molecule has 2 atom stereocenters. The molecule has 0 saturated heterocycles. The topological polar surface area (TPSA) is 117 Å². The molecule has 30 heavy (non-hydrogen) atoms. The van der Waals surface area contributed by atoms with E-state index in [0.29, 0.717) is 6.42 Å². The Balaban J connectivity index is 1.54. The second-order valence-corrected chi connectivity index (χ2v) is 7.25. The Labute approximate surface area is 174 Å². The van der Waals surface area contributed by atoms with Crippen LogP contribution >= 0.6 is 0 Å². The summed E-state index contributed by atoms with van der Waals surface area (Å²) >= 11 is 0. The molecule has 4 N–H and O–H groups in total. The summed E-state index contributed by atoms with van der Waals surface area (Å²) in [7, 11) is 0. The largest absolute Gasteiger partial charge is 0.480 e. The zero-order valence-electron chi connectivity index (χ0n) is 16.8. The predicted molar refractivity (Wildman–Crippen MR) is 111 cm³/mol. The van der Waals surface area contributed by atoms with E-state index in [9.17, 15) is 19.5 Å². The van der Waals surface area contributed by atoms with E-state index in [1.54, 1.807) is 6.92 Å². The minimum Gasteiger partial charge on any atom is -0.480 e. The lowest BCUT2D eigenvalue weighted by molar-refractivity contribution is -0.140. The number of rotatable bonds is 6. The highest BCUT2D eigenvalue weighted by Crippen LogP contribution is 2.44. The number of aliphatic carboxylic acids is 1. The first kappa shape index (κ1) is 21.2. The molecule has 0 spiro atoms. The molecule has 0 bridgehead atoms. The number of urea groups is 1. The van der Waals surface area contributed by atoms with Crippen molar-refractivity contribution in [3.05, 3.63) is 59.7 Å². The summed E-state index contributed by atoms with van der Waals surface area (Å²) in [6, 6.07) is 14.0. The molecule has 8 heteroatoms. The molecule has 0 saturated carbocycles. The predicted octanol–water partition coefficient (Wildman–Crippen LogP) is 3.24. The van der Waals surface area contributed by atoms with Crippen molar-refractivity contribution >= 4 is 18.1 Å². The van der Waals surface area contributed by atoms with Gasteiger partial charge in [-0.2, -0.15) is 0 Å². The third-order valence-corrected chi connectivity index (χ3v) is 5.39. The Morgan fingerprint density at radius 3 is 2.10 bits per heavy atom. The van der Waals surface area contributed by atoms with Crippen molar-refractivity contribution in [1.82, 2.24) is 16.2 Å². The number of benzene rings is 2. The first-order chi connectivity index (χ1) is 14.4. The number of amides is 3. The summed E-state index contributed by atoms with van der Waals surface area (Å²) in [5.74, 6) is -1.50. The number of carbonyl (C=O) groups is 3. The van der Waals surface area contributed by atoms with Crippen LogP contribution in [-0.2, 0) is 9.53 Å². The van der Waals surface area contributed by atoms with Crippen LogP contribution < -0.4 is 16.2 Å². The lowest BCUT2D eigenvalue weighted by Crippen LogP contribution is -2.53. The average Bonchev–Trinajstić information content (AvgIpc) is 3.07. The van der Waals surface area contributed by atoms with Crippen molar-refractivity contribution in [1.29, 1.82) is 0 Å². The smallest absolute Gasteiger partial charge is 0.426 e. The van der Waals surface area contributed by atoms with E-state index in [-0.39, 0.29) is 18.4 Å². The number of hydrazine groups is 1. The van der Waals surface area contributed by atoms with Crippen LogP contribution in [0.3, 0.4) is 0 Å². The number of hydrogen-bond donors (Lipinski definition) is 4. The van der Waals surface area contributed by atoms with Gasteiger partial charge in [0.1, 0.15) is 12.6 Å². The highest BCUT2D eigenvalue weighted by atomic mass is 16.6. The van der Waals surface area contributed by atoms with E-state index >= 15 is 0 Å². The van der Waals surface area contributed by atoms with Crippen molar-refractivity contribution in [3.63, 3.8) is 0 Å². The second-order valence-electron chi connectivity index (χ2n) is 7.25. The number of hydrogen-bond acceptors (Lipinski definition) is 4. The lowest BCUT2D eigenvalue weighted by Gasteiger charge is -2.20. The maximum absolute atomic E-state index is 12.0. The first-order valence-electron chi connectivity index (χ1n) is 9.82. The second kappa shape index (κ2) is 9.30. The molecular formula is C22H25N3O5. The normalized spacial score (nSPS) is 14.1. The summed E-state index contributed by atoms with van der Waals surface area (Å²) in [6.07, 6.45) is -0.251. The number of nitrogens with one attached hydrogen (secondary N) is 3. The zero-order chi connectivity index (χ0) is 21.7. The van der Waals surface area contributed by atoms with Gasteiger partial charge in [0.25, 0.3) is 0 Å². The van der Waals surface area contributed by atoms with E-state index in [1.807, 2.05) is 55.5 Å². The van der Waals surface area contributed by atoms with Crippen molar-refractivity contribution < 1.29 is 24.2 Å². The molecule has 0 aliphatic heterocycles. The van der Waals surface area contributed by atoms with Gasteiger partial charge in [0.2, 0.25) is 0 Å². The molecule has 8 nitrogen and oxygen atoms in total. The summed E-state index contributed by atoms with van der Waals surface area (Å²) in [5, 5.41) is 11.5. The Morgan fingerprint density at radius 2 is 1.57 bits per heavy atom. The molecular weight excluding hydrogens is 386 g/mol. The highest BCUT2D eigenvalue weighted by Gasteiger charge is 2.29. The highest BCUT2D eigenvalue weighted by molar-refractivity contribution is 5.84. The third kappa shape index (κ3) is 4.53. The van der Waals surface area contributed by atoms with Gasteiger partial charge in [-0.25, -0.2) is 25.2 Å². The fraction of sp³-hybridized carbons (Fsp3) is 0.318. The van der Waals surface area contributed by atoms with Gasteiger partial charge >= 0.3 is 18.1 Å². The Morgan fingerprint density at radius 1 is 1.00 bits per heavy atom. The minimum atomic E-state index is -1.14. The van der Waals surface area contributed by atoms with E-state index in [2.05, 4.69) is 16.2 Å². The molecule has 3 amide bonds.